The van der Waals surface area contributed by atoms with E-state index in [1.165, 1.54) is 5.56 Å². The number of benzene rings is 3. The van der Waals surface area contributed by atoms with E-state index in [0.29, 0.717) is 30.7 Å². The van der Waals surface area contributed by atoms with Crippen LogP contribution >= 0.6 is 11.6 Å². The van der Waals surface area contributed by atoms with Crippen molar-refractivity contribution in [2.45, 2.75) is 71.3 Å². The molecule has 2 saturated heterocycles. The minimum absolute atomic E-state index is 0.0551. The van der Waals surface area contributed by atoms with Crippen LogP contribution in [0.3, 0.4) is 0 Å². The zero-order valence-corrected chi connectivity index (χ0v) is 30.4. The predicted molar refractivity (Wildman–Crippen MR) is 197 cm³/mol. The van der Waals surface area contributed by atoms with E-state index in [9.17, 15) is 8.78 Å². The largest absolute Gasteiger partial charge is 0.493 e. The Morgan fingerprint density at radius 1 is 0.804 bits per heavy atom. The van der Waals surface area contributed by atoms with Gasteiger partial charge in [0.25, 0.3) is 0 Å². The number of aromatic nitrogens is 1. The summed E-state index contributed by atoms with van der Waals surface area (Å²) in [5.74, 6) is 2.79. The van der Waals surface area contributed by atoms with Crippen LogP contribution in [0.4, 0.5) is 14.6 Å². The van der Waals surface area contributed by atoms with Crippen molar-refractivity contribution < 1.29 is 27.7 Å². The molecule has 0 radical (unpaired) electrons. The molecule has 0 spiro atoms. The zero-order chi connectivity index (χ0) is 35.7. The van der Waals surface area contributed by atoms with Crippen LogP contribution in [0.5, 0.6) is 23.0 Å². The second kappa shape index (κ2) is 17.5. The molecule has 3 heterocycles. The van der Waals surface area contributed by atoms with Crippen LogP contribution in [0.1, 0.15) is 50.7 Å². The Morgan fingerprint density at radius 2 is 1.39 bits per heavy atom. The summed E-state index contributed by atoms with van der Waals surface area (Å²) in [6.45, 7) is 7.06. The van der Waals surface area contributed by atoms with Crippen LogP contribution in [0.2, 0.25) is 5.15 Å². The average Bonchev–Trinajstić information content (AvgIpc) is 3.13. The van der Waals surface area contributed by atoms with Crippen LogP contribution in [-0.4, -0.2) is 80.0 Å². The van der Waals surface area contributed by atoms with E-state index in [2.05, 4.69) is 49.2 Å². The van der Waals surface area contributed by atoms with Crippen LogP contribution in [-0.2, 0) is 13.1 Å². The van der Waals surface area contributed by atoms with Crippen molar-refractivity contribution in [3.63, 3.8) is 0 Å². The highest BCUT2D eigenvalue weighted by molar-refractivity contribution is 6.30. The SMILES string of the molecule is CCOc1cc(CN2CCC(NN(c3nc(Cl)cc4ccccc34)C3CCN(Cc4ccc(OC(F)F)c(OCC)c4)CC3)CC2)ccc1OC. The van der Waals surface area contributed by atoms with Crippen molar-refractivity contribution in [2.24, 2.45) is 0 Å². The maximum atomic E-state index is 12.9. The summed E-state index contributed by atoms with van der Waals surface area (Å²) in [5.41, 5.74) is 6.13. The van der Waals surface area contributed by atoms with Gasteiger partial charge in [-0.1, -0.05) is 48.0 Å². The molecule has 0 unspecified atom stereocenters. The monoisotopic (exact) mass is 723 g/mol. The quantitative estimate of drug-likeness (QED) is 0.0973. The number of nitrogens with zero attached hydrogens (tertiary/aromatic N) is 4. The minimum atomic E-state index is -2.90. The molecule has 0 atom stereocenters. The fourth-order valence-electron chi connectivity index (χ4n) is 7.14. The minimum Gasteiger partial charge on any atom is -0.493 e. The number of hydrogen-bond donors (Lipinski definition) is 1. The molecule has 274 valence electrons. The molecular weight excluding hydrogens is 676 g/mol. The van der Waals surface area contributed by atoms with Gasteiger partial charge < -0.3 is 18.9 Å². The normalized spacial score (nSPS) is 16.5. The first-order valence-corrected chi connectivity index (χ1v) is 18.3. The van der Waals surface area contributed by atoms with Gasteiger partial charge in [0.1, 0.15) is 5.15 Å². The van der Waals surface area contributed by atoms with Crippen LogP contribution in [0, 0.1) is 0 Å². The number of methoxy groups -OCH3 is 1. The first-order valence-electron chi connectivity index (χ1n) is 17.9. The number of hydrazine groups is 1. The van der Waals surface area contributed by atoms with E-state index in [1.54, 1.807) is 13.2 Å². The maximum Gasteiger partial charge on any atom is 0.387 e. The number of halogens is 3. The van der Waals surface area contributed by atoms with Gasteiger partial charge in [0, 0.05) is 56.7 Å². The maximum absolute atomic E-state index is 12.9. The molecule has 9 nitrogen and oxygen atoms in total. The third-order valence-electron chi connectivity index (χ3n) is 9.61. The van der Waals surface area contributed by atoms with Crippen LogP contribution in [0.25, 0.3) is 10.8 Å². The van der Waals surface area contributed by atoms with E-state index >= 15 is 0 Å². The molecule has 4 aromatic rings. The molecule has 12 heteroatoms. The fraction of sp³-hybridized carbons (Fsp3) is 0.462. The Bertz CT molecular complexity index is 1730. The van der Waals surface area contributed by atoms with E-state index in [4.69, 9.17) is 30.8 Å². The van der Waals surface area contributed by atoms with Crippen molar-refractivity contribution in [2.75, 3.05) is 51.5 Å². The Balaban J connectivity index is 1.13. The van der Waals surface area contributed by atoms with Gasteiger partial charge in [-0.15, -0.1) is 0 Å². The Morgan fingerprint density at radius 3 is 2.00 bits per heavy atom. The molecule has 1 aromatic heterocycles. The van der Waals surface area contributed by atoms with Gasteiger partial charge in [-0.05, 0) is 86.4 Å². The third-order valence-corrected chi connectivity index (χ3v) is 9.81. The van der Waals surface area contributed by atoms with Gasteiger partial charge in [0.2, 0.25) is 0 Å². The first-order chi connectivity index (χ1) is 24.8. The first kappa shape index (κ1) is 36.9. The van der Waals surface area contributed by atoms with Gasteiger partial charge in [0.05, 0.1) is 20.3 Å². The lowest BCUT2D eigenvalue weighted by molar-refractivity contribution is -0.0514. The topological polar surface area (TPSA) is 71.6 Å². The summed E-state index contributed by atoms with van der Waals surface area (Å²) < 4.78 is 47.4. The summed E-state index contributed by atoms with van der Waals surface area (Å²) in [7, 11) is 1.67. The molecule has 2 aliphatic rings. The number of anilines is 1. The lowest BCUT2D eigenvalue weighted by Gasteiger charge is -2.43. The lowest BCUT2D eigenvalue weighted by Crippen LogP contribution is -2.56. The number of fused-ring (bicyclic) bond motifs is 1. The van der Waals surface area contributed by atoms with Crippen molar-refractivity contribution in [3.8, 4) is 23.0 Å². The van der Waals surface area contributed by atoms with Gasteiger partial charge in [-0.25, -0.2) is 10.4 Å². The molecule has 0 saturated carbocycles. The van der Waals surface area contributed by atoms with Gasteiger partial charge >= 0.3 is 6.61 Å². The van der Waals surface area contributed by atoms with E-state index in [1.807, 2.05) is 50.2 Å². The Hall–Kier alpha value is -3.90. The second-order valence-electron chi connectivity index (χ2n) is 13.1. The Kier molecular flexibility index (Phi) is 12.7. The highest BCUT2D eigenvalue weighted by Gasteiger charge is 2.30. The highest BCUT2D eigenvalue weighted by atomic mass is 35.5. The summed E-state index contributed by atoms with van der Waals surface area (Å²) in [6, 6.07) is 22.1. The number of nitrogens with one attached hydrogen (secondary N) is 1. The molecule has 0 bridgehead atoms. The molecule has 2 fully saturated rings. The summed E-state index contributed by atoms with van der Waals surface area (Å²) in [6.07, 6.45) is 3.82. The molecule has 0 amide bonds. The zero-order valence-electron chi connectivity index (χ0n) is 29.6. The number of rotatable bonds is 15. The highest BCUT2D eigenvalue weighted by Crippen LogP contribution is 2.34. The number of likely N-dealkylation sites (tertiary alicyclic amines) is 2. The summed E-state index contributed by atoms with van der Waals surface area (Å²) in [4.78, 5) is 9.79. The number of hydrogen-bond acceptors (Lipinski definition) is 9. The van der Waals surface area contributed by atoms with Crippen molar-refractivity contribution in [1.82, 2.24) is 20.2 Å². The number of piperidine rings is 2. The standard InChI is InChI=1S/C39H48ClF2N5O4/c1-4-49-35-22-27(10-12-33(35)48-3)25-45-18-14-30(15-19-45)44-47(38-32-9-7-6-8-29(32)24-37(40)43-38)31-16-20-46(21-17-31)26-28-11-13-34(51-39(41)42)36(23-28)50-5-2/h6-13,22-24,30-31,39,44H,4-5,14-21,25-26H2,1-3H3. The third kappa shape index (κ3) is 9.51. The molecule has 0 aliphatic carbocycles. The Labute approximate surface area is 304 Å². The second-order valence-corrected chi connectivity index (χ2v) is 13.4. The smallest absolute Gasteiger partial charge is 0.387 e. The molecule has 1 N–H and O–H groups in total. The number of pyridine rings is 1. The summed E-state index contributed by atoms with van der Waals surface area (Å²) in [5, 5.41) is 4.89. The fourth-order valence-corrected chi connectivity index (χ4v) is 7.34. The van der Waals surface area contributed by atoms with Crippen LogP contribution in [0.15, 0.2) is 66.7 Å². The lowest BCUT2D eigenvalue weighted by atomic mass is 10.0. The van der Waals surface area contributed by atoms with Crippen molar-refractivity contribution in [3.05, 3.63) is 83.0 Å². The number of ether oxygens (including phenoxy) is 4. The molecule has 51 heavy (non-hydrogen) atoms. The predicted octanol–water partition coefficient (Wildman–Crippen LogP) is 7.94. The van der Waals surface area contributed by atoms with Gasteiger partial charge in [-0.3, -0.25) is 14.8 Å². The summed E-state index contributed by atoms with van der Waals surface area (Å²) >= 11 is 6.63. The molecule has 6 rings (SSSR count). The number of alkyl halides is 2. The van der Waals surface area contributed by atoms with E-state index in [-0.39, 0.29) is 17.8 Å². The molecule has 2 aliphatic heterocycles. The van der Waals surface area contributed by atoms with E-state index < -0.39 is 6.61 Å². The van der Waals surface area contributed by atoms with Crippen LogP contribution < -0.4 is 29.4 Å². The molecule has 3 aromatic carbocycles. The average molecular weight is 724 g/mol. The van der Waals surface area contributed by atoms with Crippen molar-refractivity contribution >= 4 is 28.2 Å². The van der Waals surface area contributed by atoms with E-state index in [0.717, 1.165) is 92.1 Å². The van der Waals surface area contributed by atoms with Crippen molar-refractivity contribution in [1.29, 1.82) is 0 Å². The molecular formula is C39H48ClF2N5O4. The van der Waals surface area contributed by atoms with Gasteiger partial charge in [0.15, 0.2) is 28.8 Å². The van der Waals surface area contributed by atoms with Gasteiger partial charge in [-0.2, -0.15) is 8.78 Å².